The molecule has 1 atom stereocenters. The van der Waals surface area contributed by atoms with Gasteiger partial charge in [-0.25, -0.2) is 0 Å². The van der Waals surface area contributed by atoms with E-state index in [4.69, 9.17) is 4.74 Å². The lowest BCUT2D eigenvalue weighted by Crippen LogP contribution is -1.96. The SMILES string of the molecule is [CH2][C@@H](C)COC. The number of hydrogen-bond acceptors (Lipinski definition) is 1. The van der Waals surface area contributed by atoms with Crippen LogP contribution in [0.4, 0.5) is 0 Å². The summed E-state index contributed by atoms with van der Waals surface area (Å²) >= 11 is 0. The molecule has 0 aromatic carbocycles. The third kappa shape index (κ3) is 3.96. The van der Waals surface area contributed by atoms with E-state index in [9.17, 15) is 0 Å². The van der Waals surface area contributed by atoms with Gasteiger partial charge in [0.2, 0.25) is 0 Å². The van der Waals surface area contributed by atoms with Gasteiger partial charge in [0.15, 0.2) is 0 Å². The summed E-state index contributed by atoms with van der Waals surface area (Å²) in [6.07, 6.45) is 0. The molecule has 1 heteroatoms. The molecule has 0 N–H and O–H groups in total. The summed E-state index contributed by atoms with van der Waals surface area (Å²) in [7, 11) is 1.68. The lowest BCUT2D eigenvalue weighted by molar-refractivity contribution is 0.175. The second-order valence-corrected chi connectivity index (χ2v) is 1.56. The van der Waals surface area contributed by atoms with Crippen molar-refractivity contribution in [1.29, 1.82) is 0 Å². The summed E-state index contributed by atoms with van der Waals surface area (Å²) in [4.78, 5) is 0. The molecule has 0 aliphatic rings. The Balaban J connectivity index is 2.63. The fourth-order valence-corrected chi connectivity index (χ4v) is 0.285. The van der Waals surface area contributed by atoms with Crippen molar-refractivity contribution in [3.63, 3.8) is 0 Å². The van der Waals surface area contributed by atoms with Crippen LogP contribution < -0.4 is 0 Å². The van der Waals surface area contributed by atoms with Gasteiger partial charge in [-0.2, -0.15) is 0 Å². The Kier molecular flexibility index (Phi) is 3.14. The molecule has 0 aliphatic carbocycles. The molecular formula is C5H11O. The molecule has 0 unspecified atom stereocenters. The van der Waals surface area contributed by atoms with Crippen molar-refractivity contribution in [1.82, 2.24) is 0 Å². The van der Waals surface area contributed by atoms with Crippen molar-refractivity contribution in [2.24, 2.45) is 5.92 Å². The highest BCUT2D eigenvalue weighted by Crippen LogP contribution is 1.87. The molecule has 0 saturated carbocycles. The molecule has 0 heterocycles. The molecule has 0 aromatic rings. The van der Waals surface area contributed by atoms with Gasteiger partial charge in [0.05, 0.1) is 0 Å². The molecule has 0 amide bonds. The molecule has 0 rings (SSSR count). The molecule has 0 aliphatic heterocycles. The van der Waals surface area contributed by atoms with E-state index in [0.717, 1.165) is 6.61 Å². The fraction of sp³-hybridized carbons (Fsp3) is 0.800. The first kappa shape index (κ1) is 5.96. The van der Waals surface area contributed by atoms with E-state index < -0.39 is 0 Å². The predicted molar refractivity (Wildman–Crippen MR) is 26.4 cm³/mol. The van der Waals surface area contributed by atoms with Gasteiger partial charge in [0, 0.05) is 13.7 Å². The lowest BCUT2D eigenvalue weighted by atomic mass is 10.2. The zero-order valence-corrected chi connectivity index (χ0v) is 4.40. The largest absolute Gasteiger partial charge is 0.384 e. The standard InChI is InChI=1S/C5H11O/c1-5(2)4-6-3/h5H,1,4H2,2-3H3/t5-/m0/s1. The average Bonchev–Trinajstić information content (AvgIpc) is 1.35. The van der Waals surface area contributed by atoms with Gasteiger partial charge in [0.25, 0.3) is 0 Å². The highest BCUT2D eigenvalue weighted by Gasteiger charge is 1.86. The van der Waals surface area contributed by atoms with Gasteiger partial charge in [0.1, 0.15) is 0 Å². The summed E-state index contributed by atoms with van der Waals surface area (Å²) in [5, 5.41) is 0. The van der Waals surface area contributed by atoms with E-state index in [1.807, 2.05) is 6.92 Å². The van der Waals surface area contributed by atoms with Crippen LogP contribution in [0.5, 0.6) is 0 Å². The molecule has 1 nitrogen and oxygen atoms in total. The first-order valence-corrected chi connectivity index (χ1v) is 2.09. The first-order valence-electron chi connectivity index (χ1n) is 2.09. The van der Waals surface area contributed by atoms with Crippen LogP contribution in [0.25, 0.3) is 0 Å². The van der Waals surface area contributed by atoms with Gasteiger partial charge in [-0.3, -0.25) is 0 Å². The van der Waals surface area contributed by atoms with Crippen molar-refractivity contribution in [3.8, 4) is 0 Å². The normalized spacial score (nSPS) is 10.0. The van der Waals surface area contributed by atoms with Gasteiger partial charge in [-0.15, -0.1) is 0 Å². The number of methoxy groups -OCH3 is 1. The molecule has 0 fully saturated rings. The van der Waals surface area contributed by atoms with Crippen molar-refractivity contribution >= 4 is 0 Å². The minimum Gasteiger partial charge on any atom is -0.384 e. The summed E-state index contributed by atoms with van der Waals surface area (Å²) < 4.78 is 4.74. The van der Waals surface area contributed by atoms with E-state index in [2.05, 4.69) is 6.92 Å². The predicted octanol–water partition coefficient (Wildman–Crippen LogP) is 1.10. The third-order valence-electron chi connectivity index (χ3n) is 0.451. The average molecular weight is 87.1 g/mol. The van der Waals surface area contributed by atoms with Gasteiger partial charge < -0.3 is 4.74 Å². The monoisotopic (exact) mass is 87.1 g/mol. The molecule has 0 bridgehead atoms. The van der Waals surface area contributed by atoms with E-state index in [1.54, 1.807) is 7.11 Å². The van der Waals surface area contributed by atoms with Gasteiger partial charge >= 0.3 is 0 Å². The van der Waals surface area contributed by atoms with Crippen LogP contribution in [0.15, 0.2) is 0 Å². The molecule has 37 valence electrons. The smallest absolute Gasteiger partial charge is 0.0487 e. The minimum absolute atomic E-state index is 0.426. The Hall–Kier alpha value is -0.0400. The maximum Gasteiger partial charge on any atom is 0.0487 e. The molecule has 6 heavy (non-hydrogen) atoms. The van der Waals surface area contributed by atoms with Crippen LogP contribution in [0, 0.1) is 12.8 Å². The lowest BCUT2D eigenvalue weighted by Gasteiger charge is -1.97. The Bertz CT molecular complexity index is 25.1. The van der Waals surface area contributed by atoms with E-state index in [-0.39, 0.29) is 0 Å². The fourth-order valence-electron chi connectivity index (χ4n) is 0.285. The van der Waals surface area contributed by atoms with Crippen LogP contribution in [0.2, 0.25) is 0 Å². The third-order valence-corrected chi connectivity index (χ3v) is 0.451. The Morgan fingerprint density at radius 3 is 2.33 bits per heavy atom. The zero-order chi connectivity index (χ0) is 4.99. The Labute approximate surface area is 39.3 Å². The van der Waals surface area contributed by atoms with Crippen molar-refractivity contribution in [2.45, 2.75) is 6.92 Å². The van der Waals surface area contributed by atoms with E-state index >= 15 is 0 Å². The van der Waals surface area contributed by atoms with Crippen molar-refractivity contribution in [2.75, 3.05) is 13.7 Å². The summed E-state index contributed by atoms with van der Waals surface area (Å²) in [6, 6.07) is 0. The molecule has 0 aromatic heterocycles. The number of hydrogen-bond donors (Lipinski definition) is 0. The number of ether oxygens (including phenoxy) is 1. The Morgan fingerprint density at radius 2 is 2.33 bits per heavy atom. The topological polar surface area (TPSA) is 9.23 Å². The quantitative estimate of drug-likeness (QED) is 0.490. The maximum absolute atomic E-state index is 4.74. The highest BCUT2D eigenvalue weighted by atomic mass is 16.5. The number of rotatable bonds is 2. The maximum atomic E-state index is 4.74. The highest BCUT2D eigenvalue weighted by molar-refractivity contribution is 4.48. The van der Waals surface area contributed by atoms with Crippen LogP contribution in [0.1, 0.15) is 6.92 Å². The van der Waals surface area contributed by atoms with Gasteiger partial charge in [-0.1, -0.05) is 6.92 Å². The second kappa shape index (κ2) is 3.16. The minimum atomic E-state index is 0.426. The van der Waals surface area contributed by atoms with Crippen LogP contribution in [0.3, 0.4) is 0 Å². The second-order valence-electron chi connectivity index (χ2n) is 1.56. The summed E-state index contributed by atoms with van der Waals surface area (Å²) in [5.41, 5.74) is 0. The summed E-state index contributed by atoms with van der Waals surface area (Å²) in [6.45, 7) is 6.48. The van der Waals surface area contributed by atoms with Crippen LogP contribution in [-0.2, 0) is 4.74 Å². The molecule has 1 radical (unpaired) electrons. The first-order chi connectivity index (χ1) is 2.77. The van der Waals surface area contributed by atoms with E-state index in [0.29, 0.717) is 5.92 Å². The van der Waals surface area contributed by atoms with Crippen LogP contribution >= 0.6 is 0 Å². The molecule has 0 saturated heterocycles. The Morgan fingerprint density at radius 1 is 1.83 bits per heavy atom. The summed E-state index contributed by atoms with van der Waals surface area (Å²) in [5.74, 6) is 0.426. The molecule has 0 spiro atoms. The van der Waals surface area contributed by atoms with Crippen LogP contribution in [-0.4, -0.2) is 13.7 Å². The van der Waals surface area contributed by atoms with Crippen molar-refractivity contribution < 1.29 is 4.74 Å². The van der Waals surface area contributed by atoms with E-state index in [1.165, 1.54) is 0 Å². The molecular weight excluding hydrogens is 76.1 g/mol. The van der Waals surface area contributed by atoms with Crippen molar-refractivity contribution in [3.05, 3.63) is 6.92 Å². The van der Waals surface area contributed by atoms with Gasteiger partial charge in [-0.05, 0) is 12.8 Å². The zero-order valence-electron chi connectivity index (χ0n) is 4.40.